The molecule has 3 heteroatoms. The monoisotopic (exact) mass is 806 g/mol. The fourth-order valence-electron chi connectivity index (χ4n) is 9.86. The van der Waals surface area contributed by atoms with Gasteiger partial charge in [0.25, 0.3) is 0 Å². The molecule has 62 heavy (non-hydrogen) atoms. The van der Waals surface area contributed by atoms with Crippen LogP contribution in [0.1, 0.15) is 22.3 Å². The fraction of sp³-hybridized carbons (Fsp3) is 0.0169. The zero-order valence-corrected chi connectivity index (χ0v) is 34.6. The molecule has 2 nitrogen and oxygen atoms in total. The summed E-state index contributed by atoms with van der Waals surface area (Å²) in [6.07, 6.45) is 0. The van der Waals surface area contributed by atoms with Gasteiger partial charge in [0.15, 0.2) is 5.82 Å². The van der Waals surface area contributed by atoms with Crippen LogP contribution in [0.5, 0.6) is 0 Å². The Morgan fingerprint density at radius 2 is 0.871 bits per heavy atom. The summed E-state index contributed by atoms with van der Waals surface area (Å²) in [6, 6.07) is 83.4. The number of hydrogen-bond donors (Lipinski definition) is 0. The fourth-order valence-corrected chi connectivity index (χ4v) is 11.0. The molecule has 0 N–H and O–H groups in total. The third kappa shape index (κ3) is 5.78. The Morgan fingerprint density at radius 3 is 1.63 bits per heavy atom. The highest BCUT2D eigenvalue weighted by atomic mass is 32.1. The van der Waals surface area contributed by atoms with Crippen LogP contribution in [0.3, 0.4) is 0 Å². The Kier molecular flexibility index (Phi) is 8.62. The first-order valence-electron chi connectivity index (χ1n) is 21.1. The van der Waals surface area contributed by atoms with E-state index in [1.54, 1.807) is 0 Å². The molecular formula is C59H38N2S. The number of aromatic nitrogens is 2. The zero-order chi connectivity index (χ0) is 41.0. The molecule has 0 saturated carbocycles. The van der Waals surface area contributed by atoms with Crippen molar-refractivity contribution in [2.24, 2.45) is 0 Å². The first-order valence-corrected chi connectivity index (χ1v) is 22.0. The predicted molar refractivity (Wildman–Crippen MR) is 259 cm³/mol. The van der Waals surface area contributed by atoms with Gasteiger partial charge >= 0.3 is 0 Å². The van der Waals surface area contributed by atoms with Gasteiger partial charge in [-0.1, -0.05) is 206 Å². The summed E-state index contributed by atoms with van der Waals surface area (Å²) in [6.45, 7) is 0. The number of nitrogens with zero attached hydrogens (tertiary/aromatic N) is 2. The highest BCUT2D eigenvalue weighted by Gasteiger charge is 2.46. The Hall–Kier alpha value is -7.72. The van der Waals surface area contributed by atoms with Crippen molar-refractivity contribution in [2.45, 2.75) is 5.41 Å². The van der Waals surface area contributed by atoms with E-state index in [2.05, 4.69) is 224 Å². The quantitative estimate of drug-likeness (QED) is 0.160. The number of rotatable bonds is 7. The van der Waals surface area contributed by atoms with E-state index >= 15 is 0 Å². The summed E-state index contributed by atoms with van der Waals surface area (Å²) in [7, 11) is 0. The largest absolute Gasteiger partial charge is 0.228 e. The van der Waals surface area contributed by atoms with E-state index in [-0.39, 0.29) is 0 Å². The molecule has 0 bridgehead atoms. The third-order valence-electron chi connectivity index (χ3n) is 12.6. The number of fused-ring (bicyclic) bond motifs is 6. The van der Waals surface area contributed by atoms with E-state index in [1.807, 2.05) is 17.4 Å². The van der Waals surface area contributed by atoms with E-state index in [0.29, 0.717) is 5.82 Å². The van der Waals surface area contributed by atoms with Crippen molar-refractivity contribution in [3.8, 4) is 67.3 Å². The minimum atomic E-state index is -0.446. The topological polar surface area (TPSA) is 25.8 Å². The lowest BCUT2D eigenvalue weighted by Gasteiger charge is -2.33. The maximum absolute atomic E-state index is 5.31. The van der Waals surface area contributed by atoms with Gasteiger partial charge in [0.05, 0.1) is 16.8 Å². The van der Waals surface area contributed by atoms with Crippen LogP contribution in [-0.4, -0.2) is 9.97 Å². The molecule has 12 rings (SSSR count). The Morgan fingerprint density at radius 1 is 0.323 bits per heavy atom. The van der Waals surface area contributed by atoms with Crippen LogP contribution in [-0.2, 0) is 5.41 Å². The average molecular weight is 807 g/mol. The Balaban J connectivity index is 0.998. The maximum Gasteiger partial charge on any atom is 0.160 e. The van der Waals surface area contributed by atoms with E-state index in [9.17, 15) is 0 Å². The molecular weight excluding hydrogens is 769 g/mol. The lowest BCUT2D eigenvalue weighted by atomic mass is 9.67. The highest BCUT2D eigenvalue weighted by molar-refractivity contribution is 7.25. The van der Waals surface area contributed by atoms with Crippen molar-refractivity contribution in [2.75, 3.05) is 0 Å². The molecule has 0 spiro atoms. The Bertz CT molecular complexity index is 3400. The molecule has 2 heterocycles. The van der Waals surface area contributed by atoms with Crippen LogP contribution < -0.4 is 0 Å². The van der Waals surface area contributed by atoms with Crippen LogP contribution in [0, 0.1) is 0 Å². The normalized spacial score (nSPS) is 12.6. The third-order valence-corrected chi connectivity index (χ3v) is 13.8. The molecule has 0 aliphatic heterocycles. The first kappa shape index (κ1) is 36.2. The summed E-state index contributed by atoms with van der Waals surface area (Å²) in [4.78, 5) is 10.5. The standard InChI is InChI=1S/C59H38N2S/c1-4-17-41(18-5-1)58-60-53(40-33-31-39(32-34-40)46-27-16-30-56-57(46)49-26-13-15-29-55(49)62-56)38-54(61-58)48-25-11-10-23-45(48)42-35-36-52-50(37-42)47-24-12-14-28-51(47)59(52,43-19-6-2-7-20-43)44-21-8-3-9-22-44/h1-38H. The van der Waals surface area contributed by atoms with Gasteiger partial charge in [-0.25, -0.2) is 9.97 Å². The van der Waals surface area contributed by atoms with Crippen LogP contribution >= 0.6 is 11.3 Å². The van der Waals surface area contributed by atoms with Crippen LogP contribution in [0.4, 0.5) is 0 Å². The molecule has 0 radical (unpaired) electrons. The summed E-state index contributed by atoms with van der Waals surface area (Å²) in [5, 5.41) is 2.62. The van der Waals surface area contributed by atoms with Gasteiger partial charge in [0, 0.05) is 36.9 Å². The highest BCUT2D eigenvalue weighted by Crippen LogP contribution is 2.57. The van der Waals surface area contributed by atoms with E-state index in [1.165, 1.54) is 64.7 Å². The van der Waals surface area contributed by atoms with Crippen molar-refractivity contribution in [3.05, 3.63) is 253 Å². The summed E-state index contributed by atoms with van der Waals surface area (Å²) >= 11 is 1.85. The molecule has 1 aliphatic carbocycles. The number of benzene rings is 9. The maximum atomic E-state index is 5.31. The number of hydrogen-bond acceptors (Lipinski definition) is 3. The molecule has 290 valence electrons. The molecule has 11 aromatic rings. The van der Waals surface area contributed by atoms with Crippen molar-refractivity contribution in [1.29, 1.82) is 0 Å². The minimum absolute atomic E-state index is 0.446. The summed E-state index contributed by atoms with van der Waals surface area (Å²) in [5.41, 5.74) is 16.7. The van der Waals surface area contributed by atoms with Crippen LogP contribution in [0.25, 0.3) is 87.5 Å². The van der Waals surface area contributed by atoms with E-state index in [4.69, 9.17) is 9.97 Å². The van der Waals surface area contributed by atoms with Gasteiger partial charge in [-0.15, -0.1) is 11.3 Å². The molecule has 0 unspecified atom stereocenters. The van der Waals surface area contributed by atoms with Gasteiger partial charge in [-0.05, 0) is 79.9 Å². The molecule has 2 aromatic heterocycles. The van der Waals surface area contributed by atoms with Gasteiger partial charge in [0.2, 0.25) is 0 Å². The van der Waals surface area contributed by atoms with Crippen molar-refractivity contribution in [3.63, 3.8) is 0 Å². The second-order valence-corrected chi connectivity index (χ2v) is 17.1. The smallest absolute Gasteiger partial charge is 0.160 e. The van der Waals surface area contributed by atoms with Gasteiger partial charge in [-0.3, -0.25) is 0 Å². The SMILES string of the molecule is c1ccc(-c2nc(-c3ccc(-c4cccc5sc6ccccc6c45)cc3)cc(-c3ccccc3-c3ccc4c(c3)-c3ccccc3C4(c3ccccc3)c3ccccc3)n2)cc1. The molecule has 0 amide bonds. The van der Waals surface area contributed by atoms with Crippen molar-refractivity contribution in [1.82, 2.24) is 9.97 Å². The zero-order valence-electron chi connectivity index (χ0n) is 33.7. The average Bonchev–Trinajstić information content (AvgIpc) is 3.89. The van der Waals surface area contributed by atoms with Crippen LogP contribution in [0.15, 0.2) is 231 Å². The van der Waals surface area contributed by atoms with Crippen LogP contribution in [0.2, 0.25) is 0 Å². The van der Waals surface area contributed by atoms with E-state index in [0.717, 1.165) is 39.2 Å². The van der Waals surface area contributed by atoms with E-state index < -0.39 is 5.41 Å². The predicted octanol–water partition coefficient (Wildman–Crippen LogP) is 15.5. The lowest BCUT2D eigenvalue weighted by Crippen LogP contribution is -2.28. The lowest BCUT2D eigenvalue weighted by molar-refractivity contribution is 0.768. The van der Waals surface area contributed by atoms with Gasteiger partial charge in [0.1, 0.15) is 0 Å². The minimum Gasteiger partial charge on any atom is -0.228 e. The first-order chi connectivity index (χ1) is 30.7. The Labute approximate surface area is 365 Å². The molecule has 0 saturated heterocycles. The molecule has 0 atom stereocenters. The molecule has 0 fully saturated rings. The van der Waals surface area contributed by atoms with Crippen molar-refractivity contribution < 1.29 is 0 Å². The van der Waals surface area contributed by atoms with Crippen molar-refractivity contribution >= 4 is 31.5 Å². The second-order valence-electron chi connectivity index (χ2n) is 16.0. The number of thiophene rings is 1. The molecule has 9 aromatic carbocycles. The van der Waals surface area contributed by atoms with Gasteiger partial charge in [-0.2, -0.15) is 0 Å². The summed E-state index contributed by atoms with van der Waals surface area (Å²) in [5.74, 6) is 0.699. The van der Waals surface area contributed by atoms with Gasteiger partial charge < -0.3 is 0 Å². The second kappa shape index (κ2) is 14.8. The molecule has 1 aliphatic rings. The summed E-state index contributed by atoms with van der Waals surface area (Å²) < 4.78 is 2.62.